The molecule has 0 N–H and O–H groups in total. The molecule has 4 saturated carbocycles. The van der Waals surface area contributed by atoms with E-state index in [1.54, 1.807) is 0 Å². The molecule has 61 heavy (non-hydrogen) atoms. The lowest BCUT2D eigenvalue weighted by Crippen LogP contribution is -2.42. The van der Waals surface area contributed by atoms with Crippen LogP contribution in [0.5, 0.6) is 0 Å². The summed E-state index contributed by atoms with van der Waals surface area (Å²) in [5.41, 5.74) is 10.8. The molecule has 306 valence electrons. The highest BCUT2D eigenvalue weighted by molar-refractivity contribution is 6.09. The van der Waals surface area contributed by atoms with E-state index in [4.69, 9.17) is 19.4 Å². The van der Waals surface area contributed by atoms with Crippen molar-refractivity contribution in [3.63, 3.8) is 0 Å². The molecule has 2 heterocycles. The zero-order valence-electron chi connectivity index (χ0n) is 36.1. The van der Waals surface area contributed by atoms with Crippen LogP contribution in [0.1, 0.15) is 109 Å². The zero-order valence-corrected chi connectivity index (χ0v) is 36.1. The Bertz CT molecular complexity index is 2670. The van der Waals surface area contributed by atoms with E-state index in [0.717, 1.165) is 85.3 Å². The SMILES string of the molecule is C[C@@H]1C[C@@H]2C[C@H](C)CC(c3ccc(-c4nc(-c5ccc(-c6cccc7c6oc6ccc(C#N)cc67)cc5)nc(-c5ccc(C67C[C@H](C)C[C@H](C[C@H](C)C6)C7)cc5)n4)cc3)(C1)C2. The molecule has 2 aromatic heterocycles. The summed E-state index contributed by atoms with van der Waals surface area (Å²) in [6, 6.07) is 41.2. The molecule has 5 aromatic carbocycles. The molecule has 0 spiro atoms. The summed E-state index contributed by atoms with van der Waals surface area (Å²) in [6.07, 6.45) is 13.3. The van der Waals surface area contributed by atoms with Crippen molar-refractivity contribution in [3.05, 3.63) is 126 Å². The minimum absolute atomic E-state index is 0.273. The Labute approximate surface area is 360 Å². The highest BCUT2D eigenvalue weighted by Gasteiger charge is 2.46. The summed E-state index contributed by atoms with van der Waals surface area (Å²) >= 11 is 0. The van der Waals surface area contributed by atoms with Crippen LogP contribution in [-0.2, 0) is 10.8 Å². The minimum Gasteiger partial charge on any atom is -0.455 e. The molecular formula is C56H56N4O. The molecule has 4 fully saturated rings. The standard InChI is InChI=1S/C56H56N4O/c1-34-22-39-23-35(2)28-55(27-34,31-39)45-17-13-43(14-18-45)53-58-52(59-54(60-53)44-15-19-46(20-16-44)56-29-36(3)24-40(32-56)25-37(4)30-56)42-11-9-41(10-12-42)47-6-5-7-48-49-26-38(33-57)8-21-50(49)61-51(47)48/h5-21,26,34-37,39-40H,22-25,27-32H2,1-4H3/t34-,35+,36-,37+,39-,40-,55?,56?. The predicted octanol–water partition coefficient (Wildman–Crippen LogP) is 14.5. The monoisotopic (exact) mass is 800 g/mol. The van der Waals surface area contributed by atoms with E-state index < -0.39 is 0 Å². The minimum atomic E-state index is 0.273. The number of furan rings is 1. The first-order valence-corrected chi connectivity index (χ1v) is 23.1. The number of fused-ring (bicyclic) bond motifs is 7. The van der Waals surface area contributed by atoms with Crippen molar-refractivity contribution in [2.45, 2.75) is 103 Å². The number of rotatable bonds is 6. The van der Waals surface area contributed by atoms with Crippen LogP contribution in [-0.4, -0.2) is 15.0 Å². The van der Waals surface area contributed by atoms with Gasteiger partial charge in [-0.1, -0.05) is 119 Å². The van der Waals surface area contributed by atoms with Gasteiger partial charge in [-0.2, -0.15) is 5.26 Å². The maximum Gasteiger partial charge on any atom is 0.164 e. The molecule has 4 aliphatic rings. The molecule has 0 amide bonds. The van der Waals surface area contributed by atoms with Crippen LogP contribution in [0.4, 0.5) is 0 Å². The fourth-order valence-corrected chi connectivity index (χ4v) is 13.7. The second-order valence-electron chi connectivity index (χ2n) is 20.5. The molecule has 0 radical (unpaired) electrons. The third-order valence-electron chi connectivity index (χ3n) is 15.5. The average Bonchev–Trinajstić information content (AvgIpc) is 3.63. The lowest BCUT2D eigenvalue weighted by atomic mass is 9.54. The molecule has 0 aliphatic heterocycles. The molecule has 5 heteroatoms. The van der Waals surface area contributed by atoms with Crippen molar-refractivity contribution in [2.75, 3.05) is 0 Å². The summed E-state index contributed by atoms with van der Waals surface area (Å²) < 4.78 is 6.40. The predicted molar refractivity (Wildman–Crippen MR) is 247 cm³/mol. The zero-order chi connectivity index (χ0) is 41.5. The third kappa shape index (κ3) is 6.87. The van der Waals surface area contributed by atoms with Crippen LogP contribution in [0.25, 0.3) is 67.2 Å². The van der Waals surface area contributed by atoms with Gasteiger partial charge in [0.15, 0.2) is 17.5 Å². The molecule has 7 aromatic rings. The number of benzene rings is 5. The number of hydrogen-bond donors (Lipinski definition) is 0. The normalized spacial score (nSPS) is 28.4. The van der Waals surface area contributed by atoms with E-state index in [-0.39, 0.29) is 10.8 Å². The van der Waals surface area contributed by atoms with Gasteiger partial charge in [-0.05, 0) is 145 Å². The topological polar surface area (TPSA) is 75.6 Å². The van der Waals surface area contributed by atoms with E-state index in [0.29, 0.717) is 23.0 Å². The largest absolute Gasteiger partial charge is 0.455 e. The van der Waals surface area contributed by atoms with Gasteiger partial charge in [0.05, 0.1) is 11.6 Å². The Morgan fingerprint density at radius 1 is 0.508 bits per heavy atom. The summed E-state index contributed by atoms with van der Waals surface area (Å²) in [6.45, 7) is 9.85. The smallest absolute Gasteiger partial charge is 0.164 e. The number of nitriles is 1. The fraction of sp³-hybridized carbons (Fsp3) is 0.393. The highest BCUT2D eigenvalue weighted by Crippen LogP contribution is 2.55. The lowest BCUT2D eigenvalue weighted by molar-refractivity contribution is 0.0779. The molecule has 8 atom stereocenters. The molecule has 5 nitrogen and oxygen atoms in total. The number of aromatic nitrogens is 3. The molecule has 4 aliphatic carbocycles. The first kappa shape index (κ1) is 38.3. The van der Waals surface area contributed by atoms with E-state index in [1.165, 1.54) is 75.3 Å². The molecule has 11 rings (SSSR count). The van der Waals surface area contributed by atoms with Gasteiger partial charge in [0.2, 0.25) is 0 Å². The van der Waals surface area contributed by atoms with Crippen LogP contribution in [0.2, 0.25) is 0 Å². The third-order valence-corrected chi connectivity index (χ3v) is 15.5. The summed E-state index contributed by atoms with van der Waals surface area (Å²) in [5.74, 6) is 6.83. The van der Waals surface area contributed by atoms with E-state index in [1.807, 2.05) is 18.2 Å². The number of nitrogens with zero attached hydrogens (tertiary/aromatic N) is 4. The van der Waals surface area contributed by atoms with Gasteiger partial charge >= 0.3 is 0 Å². The average molecular weight is 801 g/mol. The quantitative estimate of drug-likeness (QED) is 0.167. The Hall–Kier alpha value is -5.60. The number of hydrogen-bond acceptors (Lipinski definition) is 5. The molecule has 4 bridgehead atoms. The van der Waals surface area contributed by atoms with Gasteiger partial charge < -0.3 is 4.42 Å². The van der Waals surface area contributed by atoms with Crippen LogP contribution in [0, 0.1) is 46.8 Å². The van der Waals surface area contributed by atoms with Gasteiger partial charge in [0.25, 0.3) is 0 Å². The van der Waals surface area contributed by atoms with Crippen molar-refractivity contribution in [1.82, 2.24) is 15.0 Å². The van der Waals surface area contributed by atoms with Crippen LogP contribution in [0.3, 0.4) is 0 Å². The van der Waals surface area contributed by atoms with Crippen molar-refractivity contribution < 1.29 is 4.42 Å². The summed E-state index contributed by atoms with van der Waals surface area (Å²) in [5, 5.41) is 11.5. The Morgan fingerprint density at radius 2 is 0.951 bits per heavy atom. The fourth-order valence-electron chi connectivity index (χ4n) is 13.7. The lowest BCUT2D eigenvalue weighted by Gasteiger charge is -2.50. The van der Waals surface area contributed by atoms with E-state index in [9.17, 15) is 5.26 Å². The van der Waals surface area contributed by atoms with Gasteiger partial charge in [0, 0.05) is 33.0 Å². The Kier molecular flexibility index (Phi) is 9.30. The Balaban J connectivity index is 0.968. The van der Waals surface area contributed by atoms with Crippen LogP contribution in [0.15, 0.2) is 114 Å². The second kappa shape index (κ2) is 14.8. The van der Waals surface area contributed by atoms with E-state index >= 15 is 0 Å². The van der Waals surface area contributed by atoms with E-state index in [2.05, 4.69) is 125 Å². The maximum atomic E-state index is 9.54. The number of para-hydroxylation sites is 1. The van der Waals surface area contributed by atoms with Gasteiger partial charge in [-0.15, -0.1) is 0 Å². The summed E-state index contributed by atoms with van der Waals surface area (Å²) in [7, 11) is 0. The first-order chi connectivity index (χ1) is 29.6. The summed E-state index contributed by atoms with van der Waals surface area (Å²) in [4.78, 5) is 15.6. The van der Waals surface area contributed by atoms with Crippen molar-refractivity contribution in [1.29, 1.82) is 5.26 Å². The van der Waals surface area contributed by atoms with Gasteiger partial charge in [-0.3, -0.25) is 0 Å². The molecular weight excluding hydrogens is 745 g/mol. The van der Waals surface area contributed by atoms with Crippen molar-refractivity contribution in [2.24, 2.45) is 35.5 Å². The van der Waals surface area contributed by atoms with Crippen molar-refractivity contribution >= 4 is 21.9 Å². The van der Waals surface area contributed by atoms with Crippen LogP contribution < -0.4 is 0 Å². The maximum absolute atomic E-state index is 9.54. The van der Waals surface area contributed by atoms with Crippen molar-refractivity contribution in [3.8, 4) is 51.4 Å². The second-order valence-corrected chi connectivity index (χ2v) is 20.5. The van der Waals surface area contributed by atoms with Gasteiger partial charge in [-0.25, -0.2) is 15.0 Å². The molecule has 2 unspecified atom stereocenters. The van der Waals surface area contributed by atoms with Crippen LogP contribution >= 0.6 is 0 Å². The molecule has 0 saturated heterocycles. The highest BCUT2D eigenvalue weighted by atomic mass is 16.3. The van der Waals surface area contributed by atoms with Gasteiger partial charge in [0.1, 0.15) is 11.2 Å². The first-order valence-electron chi connectivity index (χ1n) is 23.1. The Morgan fingerprint density at radius 3 is 1.41 bits per heavy atom.